The van der Waals surface area contributed by atoms with Gasteiger partial charge in [-0.05, 0) is 57.6 Å². The Morgan fingerprint density at radius 3 is 2.74 bits per heavy atom. The van der Waals surface area contributed by atoms with Gasteiger partial charge in [-0.15, -0.1) is 0 Å². The summed E-state index contributed by atoms with van der Waals surface area (Å²) in [5.41, 5.74) is 2.17. The van der Waals surface area contributed by atoms with Gasteiger partial charge in [-0.3, -0.25) is 9.89 Å². The second kappa shape index (κ2) is 6.87. The minimum Gasteiger partial charge on any atom is -0.541 e. The number of hydrogen-bond acceptors (Lipinski definition) is 3. The first-order chi connectivity index (χ1) is 9.16. The van der Waals surface area contributed by atoms with Crippen molar-refractivity contribution < 1.29 is 4.43 Å². The van der Waals surface area contributed by atoms with Crippen molar-refractivity contribution in [2.75, 3.05) is 19.6 Å². The zero-order valence-corrected chi connectivity index (χ0v) is 13.1. The third-order valence-corrected chi connectivity index (χ3v) is 3.90. The summed E-state index contributed by atoms with van der Waals surface area (Å²) in [6.07, 6.45) is 4.67. The Morgan fingerprint density at radius 1 is 1.32 bits per heavy atom. The number of aryl methyl sites for hydroxylation is 1. The van der Waals surface area contributed by atoms with E-state index in [-0.39, 0.29) is 0 Å². The van der Waals surface area contributed by atoms with Crippen LogP contribution in [0.3, 0.4) is 0 Å². The zero-order valence-electron chi connectivity index (χ0n) is 12.1. The van der Waals surface area contributed by atoms with Crippen LogP contribution in [0.4, 0.5) is 5.69 Å². The number of rotatable bonds is 5. The van der Waals surface area contributed by atoms with E-state index in [0.717, 1.165) is 18.0 Å². The van der Waals surface area contributed by atoms with Crippen molar-refractivity contribution in [3.8, 4) is 5.75 Å². The Bertz CT molecular complexity index is 440. The van der Waals surface area contributed by atoms with Crippen LogP contribution in [0.1, 0.15) is 18.4 Å². The Morgan fingerprint density at radius 2 is 2.05 bits per heavy atom. The summed E-state index contributed by atoms with van der Waals surface area (Å²) in [5.74, 6) is 0.927. The molecule has 0 aliphatic carbocycles. The number of hydrogen-bond donors (Lipinski definition) is 0. The molecule has 1 aliphatic heterocycles. The van der Waals surface area contributed by atoms with Gasteiger partial charge in [0.15, 0.2) is 0 Å². The topological polar surface area (TPSA) is 24.8 Å². The molecule has 0 atom stereocenters. The highest BCUT2D eigenvalue weighted by molar-refractivity contribution is 6.49. The average molecular weight is 275 g/mol. The molecule has 1 saturated heterocycles. The minimum absolute atomic E-state index is 0.750. The highest BCUT2D eigenvalue weighted by atomic mass is 28.3. The van der Waals surface area contributed by atoms with Gasteiger partial charge in [-0.1, -0.05) is 12.1 Å². The molecule has 4 heteroatoms. The van der Waals surface area contributed by atoms with Gasteiger partial charge in [0.05, 0.1) is 0 Å². The Hall–Kier alpha value is -1.13. The highest BCUT2D eigenvalue weighted by Gasteiger charge is 2.10. The summed E-state index contributed by atoms with van der Waals surface area (Å²) < 4.78 is 5.92. The Labute approximate surface area is 118 Å². The summed E-state index contributed by atoms with van der Waals surface area (Å²) in [4.78, 5) is 7.09. The molecule has 0 N–H and O–H groups in total. The lowest BCUT2D eigenvalue weighted by atomic mass is 10.2. The van der Waals surface area contributed by atoms with Crippen molar-refractivity contribution in [2.24, 2.45) is 4.99 Å². The third-order valence-electron chi connectivity index (χ3n) is 3.27. The van der Waals surface area contributed by atoms with Crippen LogP contribution < -0.4 is 4.43 Å². The van der Waals surface area contributed by atoms with Gasteiger partial charge in [-0.25, -0.2) is 0 Å². The minimum atomic E-state index is -0.750. The van der Waals surface area contributed by atoms with Crippen molar-refractivity contribution in [1.82, 2.24) is 4.90 Å². The van der Waals surface area contributed by atoms with E-state index < -0.39 is 9.04 Å². The molecular formula is C15H23N2OSi. The highest BCUT2D eigenvalue weighted by Crippen LogP contribution is 2.31. The third kappa shape index (κ3) is 4.18. The maximum atomic E-state index is 5.92. The Kier molecular flexibility index (Phi) is 5.16. The fourth-order valence-corrected chi connectivity index (χ4v) is 2.92. The normalized spacial score (nSPS) is 16.6. The van der Waals surface area contributed by atoms with Crippen LogP contribution in [0.15, 0.2) is 23.2 Å². The van der Waals surface area contributed by atoms with Crippen molar-refractivity contribution in [1.29, 1.82) is 0 Å². The summed E-state index contributed by atoms with van der Waals surface area (Å²) >= 11 is 0. The molecule has 0 saturated carbocycles. The zero-order chi connectivity index (χ0) is 13.7. The summed E-state index contributed by atoms with van der Waals surface area (Å²) in [5, 5.41) is 0. The van der Waals surface area contributed by atoms with Crippen LogP contribution in [0.25, 0.3) is 0 Å². The maximum absolute atomic E-state index is 5.92. The first-order valence-corrected chi connectivity index (χ1v) is 9.40. The molecule has 19 heavy (non-hydrogen) atoms. The maximum Gasteiger partial charge on any atom is 0.274 e. The summed E-state index contributed by atoms with van der Waals surface area (Å²) in [6, 6.07) is 6.15. The van der Waals surface area contributed by atoms with Crippen molar-refractivity contribution >= 4 is 20.9 Å². The molecule has 1 aliphatic rings. The van der Waals surface area contributed by atoms with E-state index in [9.17, 15) is 0 Å². The van der Waals surface area contributed by atoms with E-state index in [1.54, 1.807) is 0 Å². The largest absolute Gasteiger partial charge is 0.541 e. The predicted molar refractivity (Wildman–Crippen MR) is 83.1 cm³/mol. The van der Waals surface area contributed by atoms with Gasteiger partial charge in [0.2, 0.25) is 0 Å². The number of para-hydroxylation sites is 1. The first-order valence-electron chi connectivity index (χ1n) is 6.99. The molecule has 1 aromatic carbocycles. The van der Waals surface area contributed by atoms with Crippen molar-refractivity contribution in [2.45, 2.75) is 32.9 Å². The van der Waals surface area contributed by atoms with E-state index in [2.05, 4.69) is 36.0 Å². The summed E-state index contributed by atoms with van der Waals surface area (Å²) in [6.45, 7) is 9.74. The molecule has 1 aromatic rings. The molecule has 0 bridgehead atoms. The number of nitrogens with zero attached hydrogens (tertiary/aromatic N) is 2. The lowest BCUT2D eigenvalue weighted by Crippen LogP contribution is -2.21. The molecular weight excluding hydrogens is 252 g/mol. The van der Waals surface area contributed by atoms with Crippen LogP contribution >= 0.6 is 0 Å². The van der Waals surface area contributed by atoms with Crippen molar-refractivity contribution in [3.05, 3.63) is 23.8 Å². The number of benzene rings is 1. The second-order valence-corrected chi connectivity index (χ2v) is 7.27. The molecule has 1 fully saturated rings. The van der Waals surface area contributed by atoms with Crippen LogP contribution in [0, 0.1) is 6.92 Å². The van der Waals surface area contributed by atoms with Crippen LogP contribution in [-0.4, -0.2) is 39.8 Å². The second-order valence-electron chi connectivity index (χ2n) is 5.25. The molecule has 1 heterocycles. The smallest absolute Gasteiger partial charge is 0.274 e. The van der Waals surface area contributed by atoms with E-state index in [4.69, 9.17) is 4.43 Å². The number of likely N-dealkylation sites (tertiary alicyclic amines) is 1. The van der Waals surface area contributed by atoms with Crippen LogP contribution in [0.2, 0.25) is 13.1 Å². The van der Waals surface area contributed by atoms with E-state index >= 15 is 0 Å². The fourth-order valence-electron chi connectivity index (χ4n) is 2.31. The van der Waals surface area contributed by atoms with Gasteiger partial charge < -0.3 is 4.43 Å². The van der Waals surface area contributed by atoms with Crippen LogP contribution in [-0.2, 0) is 0 Å². The van der Waals surface area contributed by atoms with Gasteiger partial charge in [0, 0.05) is 12.8 Å². The molecule has 1 radical (unpaired) electrons. The lowest BCUT2D eigenvalue weighted by Gasteiger charge is -2.13. The SMILES string of the molecule is Cc1cccc(O[Si](C)C)c1N=CCN1CCCC1. The average Bonchev–Trinajstić information content (AvgIpc) is 2.85. The fraction of sp³-hybridized carbons (Fsp3) is 0.533. The van der Waals surface area contributed by atoms with Crippen molar-refractivity contribution in [3.63, 3.8) is 0 Å². The van der Waals surface area contributed by atoms with Gasteiger partial charge in [-0.2, -0.15) is 0 Å². The van der Waals surface area contributed by atoms with Gasteiger partial charge >= 0.3 is 0 Å². The molecule has 0 amide bonds. The standard InChI is InChI=1S/C15H23N2OSi/c1-13-7-6-8-14(18-19(2)3)15(13)16-9-12-17-10-4-5-11-17/h6-9H,4-5,10-12H2,1-3H3. The van der Waals surface area contributed by atoms with E-state index in [0.29, 0.717) is 0 Å². The van der Waals surface area contributed by atoms with E-state index in [1.165, 1.54) is 31.5 Å². The predicted octanol–water partition coefficient (Wildman–Crippen LogP) is 3.42. The molecule has 0 unspecified atom stereocenters. The lowest BCUT2D eigenvalue weighted by molar-refractivity contribution is 0.391. The van der Waals surface area contributed by atoms with E-state index in [1.807, 2.05) is 18.3 Å². The molecule has 2 rings (SSSR count). The van der Waals surface area contributed by atoms with Crippen LogP contribution in [0.5, 0.6) is 5.75 Å². The van der Waals surface area contributed by atoms with Gasteiger partial charge in [0.1, 0.15) is 11.4 Å². The molecule has 0 aromatic heterocycles. The quantitative estimate of drug-likeness (QED) is 0.607. The molecule has 0 spiro atoms. The molecule has 103 valence electrons. The summed E-state index contributed by atoms with van der Waals surface area (Å²) in [7, 11) is -0.750. The van der Waals surface area contributed by atoms with Gasteiger partial charge in [0.25, 0.3) is 9.04 Å². The monoisotopic (exact) mass is 275 g/mol. The molecule has 3 nitrogen and oxygen atoms in total. The number of aliphatic imine (C=N–C) groups is 1. The first kappa shape index (κ1) is 14.3. The Balaban J connectivity index is 2.06.